The van der Waals surface area contributed by atoms with Gasteiger partial charge in [-0.15, -0.1) is 34.4 Å². The molecule has 3 heterocycles. The number of benzene rings is 1. The SMILES string of the molecule is CN(Cc1cccs1)C(=O)c1oc2ccccc2c1CSc1cccs1. The molecular weight excluding hydrogens is 382 g/mol. The van der Waals surface area contributed by atoms with Crippen molar-refractivity contribution >= 4 is 51.3 Å². The predicted molar refractivity (Wildman–Crippen MR) is 110 cm³/mol. The minimum absolute atomic E-state index is 0.0728. The van der Waals surface area contributed by atoms with Gasteiger partial charge in [0.2, 0.25) is 0 Å². The standard InChI is InChI=1S/C20H17NO2S3/c1-21(12-14-6-4-10-24-14)20(22)19-16(13-26-18-9-5-11-25-18)15-7-2-3-8-17(15)23-19/h2-11H,12-13H2,1H3. The van der Waals surface area contributed by atoms with Gasteiger partial charge < -0.3 is 9.32 Å². The number of amides is 1. The number of carbonyl (C=O) groups is 1. The summed E-state index contributed by atoms with van der Waals surface area (Å²) < 4.78 is 7.21. The number of carbonyl (C=O) groups excluding carboxylic acids is 1. The van der Waals surface area contributed by atoms with Crippen molar-refractivity contribution in [2.45, 2.75) is 16.5 Å². The number of para-hydroxylation sites is 1. The first-order valence-electron chi connectivity index (χ1n) is 8.17. The molecule has 1 aromatic carbocycles. The molecule has 0 aliphatic heterocycles. The minimum Gasteiger partial charge on any atom is -0.451 e. The van der Waals surface area contributed by atoms with E-state index in [2.05, 4.69) is 11.4 Å². The van der Waals surface area contributed by atoms with Crippen LogP contribution in [-0.2, 0) is 12.3 Å². The van der Waals surface area contributed by atoms with Crippen LogP contribution < -0.4 is 0 Å². The van der Waals surface area contributed by atoms with Gasteiger partial charge >= 0.3 is 0 Å². The molecule has 3 aromatic heterocycles. The fraction of sp³-hybridized carbons (Fsp3) is 0.150. The lowest BCUT2D eigenvalue weighted by Crippen LogP contribution is -2.26. The quantitative estimate of drug-likeness (QED) is 0.366. The summed E-state index contributed by atoms with van der Waals surface area (Å²) in [5.41, 5.74) is 1.74. The lowest BCUT2D eigenvalue weighted by molar-refractivity contribution is 0.0756. The number of fused-ring (bicyclic) bond motifs is 1. The number of thiophene rings is 2. The van der Waals surface area contributed by atoms with E-state index in [-0.39, 0.29) is 5.91 Å². The Hall–Kier alpha value is -2.02. The van der Waals surface area contributed by atoms with E-state index in [1.54, 1.807) is 39.3 Å². The molecule has 0 spiro atoms. The summed E-state index contributed by atoms with van der Waals surface area (Å²) >= 11 is 5.10. The Morgan fingerprint density at radius 2 is 1.88 bits per heavy atom. The van der Waals surface area contributed by atoms with Gasteiger partial charge in [0, 0.05) is 28.6 Å². The lowest BCUT2D eigenvalue weighted by Gasteiger charge is -2.15. The number of nitrogens with zero attached hydrogens (tertiary/aromatic N) is 1. The molecule has 3 nitrogen and oxygen atoms in total. The summed E-state index contributed by atoms with van der Waals surface area (Å²) in [6.07, 6.45) is 0. The van der Waals surface area contributed by atoms with Crippen LogP contribution in [0.25, 0.3) is 11.0 Å². The third-order valence-electron chi connectivity index (χ3n) is 4.07. The van der Waals surface area contributed by atoms with Crippen LogP contribution in [0.15, 0.2) is 67.9 Å². The molecule has 26 heavy (non-hydrogen) atoms. The molecule has 0 aliphatic carbocycles. The van der Waals surface area contributed by atoms with Crippen LogP contribution in [0, 0.1) is 0 Å². The molecule has 4 aromatic rings. The van der Waals surface area contributed by atoms with Crippen molar-refractivity contribution in [2.24, 2.45) is 0 Å². The average Bonchev–Trinajstić information content (AvgIpc) is 3.40. The molecule has 0 saturated carbocycles. The second-order valence-electron chi connectivity index (χ2n) is 5.87. The summed E-state index contributed by atoms with van der Waals surface area (Å²) in [5.74, 6) is 1.09. The van der Waals surface area contributed by atoms with Gasteiger partial charge in [0.25, 0.3) is 5.91 Å². The zero-order chi connectivity index (χ0) is 17.9. The summed E-state index contributed by atoms with van der Waals surface area (Å²) in [7, 11) is 1.82. The molecule has 1 amide bonds. The van der Waals surface area contributed by atoms with Crippen LogP contribution in [0.2, 0.25) is 0 Å². The van der Waals surface area contributed by atoms with E-state index in [1.807, 2.05) is 54.9 Å². The van der Waals surface area contributed by atoms with E-state index in [0.29, 0.717) is 18.1 Å². The van der Waals surface area contributed by atoms with E-state index in [0.717, 1.165) is 21.4 Å². The second kappa shape index (κ2) is 7.70. The third-order valence-corrected chi connectivity index (χ3v) is 7.08. The number of hydrogen-bond acceptors (Lipinski definition) is 5. The van der Waals surface area contributed by atoms with Crippen molar-refractivity contribution < 1.29 is 9.21 Å². The van der Waals surface area contributed by atoms with Crippen LogP contribution >= 0.6 is 34.4 Å². The van der Waals surface area contributed by atoms with Crippen LogP contribution in [0.4, 0.5) is 0 Å². The normalized spacial score (nSPS) is 11.1. The summed E-state index contributed by atoms with van der Waals surface area (Å²) in [6, 6.07) is 16.1. The molecule has 0 N–H and O–H groups in total. The molecule has 4 rings (SSSR count). The van der Waals surface area contributed by atoms with Crippen LogP contribution in [0.5, 0.6) is 0 Å². The van der Waals surface area contributed by atoms with Crippen molar-refractivity contribution in [1.29, 1.82) is 0 Å². The summed E-state index contributed by atoms with van der Waals surface area (Å²) in [6.45, 7) is 0.588. The highest BCUT2D eigenvalue weighted by Crippen LogP contribution is 2.34. The first-order chi connectivity index (χ1) is 12.7. The van der Waals surface area contributed by atoms with E-state index < -0.39 is 0 Å². The van der Waals surface area contributed by atoms with E-state index in [4.69, 9.17) is 4.42 Å². The number of thioether (sulfide) groups is 1. The monoisotopic (exact) mass is 399 g/mol. The molecule has 6 heteroatoms. The summed E-state index contributed by atoms with van der Waals surface area (Å²) in [4.78, 5) is 15.9. The van der Waals surface area contributed by atoms with E-state index in [9.17, 15) is 4.79 Å². The van der Waals surface area contributed by atoms with Crippen molar-refractivity contribution in [3.8, 4) is 0 Å². The first-order valence-corrected chi connectivity index (χ1v) is 10.9. The first kappa shape index (κ1) is 17.4. The average molecular weight is 400 g/mol. The van der Waals surface area contributed by atoms with E-state index >= 15 is 0 Å². The number of furan rings is 1. The van der Waals surface area contributed by atoms with Crippen molar-refractivity contribution in [3.05, 3.63) is 75.5 Å². The van der Waals surface area contributed by atoms with Crippen molar-refractivity contribution in [2.75, 3.05) is 7.05 Å². The highest BCUT2D eigenvalue weighted by Gasteiger charge is 2.23. The maximum atomic E-state index is 13.1. The van der Waals surface area contributed by atoms with Crippen molar-refractivity contribution in [3.63, 3.8) is 0 Å². The highest BCUT2D eigenvalue weighted by molar-refractivity contribution is 8.00. The Balaban J connectivity index is 1.64. The zero-order valence-electron chi connectivity index (χ0n) is 14.2. The molecular formula is C20H17NO2S3. The van der Waals surface area contributed by atoms with Gasteiger partial charge in [-0.25, -0.2) is 0 Å². The predicted octanol–water partition coefficient (Wildman–Crippen LogP) is 6.12. The smallest absolute Gasteiger partial charge is 0.290 e. The Morgan fingerprint density at radius 3 is 2.65 bits per heavy atom. The van der Waals surface area contributed by atoms with Crippen LogP contribution in [0.1, 0.15) is 21.0 Å². The number of rotatable bonds is 6. The lowest BCUT2D eigenvalue weighted by atomic mass is 10.1. The van der Waals surface area contributed by atoms with Gasteiger partial charge in [0.1, 0.15) is 5.58 Å². The highest BCUT2D eigenvalue weighted by atomic mass is 32.2. The van der Waals surface area contributed by atoms with Crippen LogP contribution in [0.3, 0.4) is 0 Å². The maximum Gasteiger partial charge on any atom is 0.290 e. The van der Waals surface area contributed by atoms with Gasteiger partial charge in [0.05, 0.1) is 10.8 Å². The van der Waals surface area contributed by atoms with Gasteiger partial charge in [-0.05, 0) is 29.0 Å². The van der Waals surface area contributed by atoms with Gasteiger partial charge in [-0.3, -0.25) is 4.79 Å². The maximum absolute atomic E-state index is 13.1. The minimum atomic E-state index is -0.0728. The zero-order valence-corrected chi connectivity index (χ0v) is 16.6. The molecule has 0 atom stereocenters. The molecule has 0 unspecified atom stereocenters. The van der Waals surface area contributed by atoms with Gasteiger partial charge in [-0.2, -0.15) is 0 Å². The Bertz CT molecular complexity index is 1000. The second-order valence-corrected chi connectivity index (χ2v) is 9.12. The fourth-order valence-corrected chi connectivity index (χ4v) is 5.35. The Morgan fingerprint density at radius 1 is 1.08 bits per heavy atom. The Labute approximate surface area is 164 Å². The molecule has 132 valence electrons. The third kappa shape index (κ3) is 3.58. The summed E-state index contributed by atoms with van der Waals surface area (Å²) in [5, 5.41) is 5.11. The molecule has 0 fully saturated rings. The fourth-order valence-electron chi connectivity index (χ4n) is 2.79. The van der Waals surface area contributed by atoms with Gasteiger partial charge in [-0.1, -0.05) is 30.3 Å². The molecule has 0 saturated heterocycles. The number of hydrogen-bond donors (Lipinski definition) is 0. The Kier molecular flexibility index (Phi) is 5.15. The topological polar surface area (TPSA) is 33.5 Å². The van der Waals surface area contributed by atoms with E-state index in [1.165, 1.54) is 4.21 Å². The largest absolute Gasteiger partial charge is 0.451 e. The molecule has 0 aliphatic rings. The molecule has 0 bridgehead atoms. The molecule has 0 radical (unpaired) electrons. The van der Waals surface area contributed by atoms with Crippen molar-refractivity contribution in [1.82, 2.24) is 4.90 Å². The van der Waals surface area contributed by atoms with Crippen LogP contribution in [-0.4, -0.2) is 17.9 Å². The van der Waals surface area contributed by atoms with Gasteiger partial charge in [0.15, 0.2) is 5.76 Å².